The van der Waals surface area contributed by atoms with Crippen molar-refractivity contribution in [3.8, 4) is 5.75 Å². The molecule has 0 fully saturated rings. The molecule has 2 rings (SSSR count). The molecule has 0 saturated carbocycles. The average molecular weight is 297 g/mol. The number of benzene rings is 2. The molecule has 0 aliphatic heterocycles. The summed E-state index contributed by atoms with van der Waals surface area (Å²) in [7, 11) is 0. The number of nitrogens with one attached hydrogen (secondary N) is 1. The molecule has 0 aliphatic rings. The third-order valence-electron chi connectivity index (χ3n) is 3.66. The number of hydrogen-bond donors (Lipinski definition) is 1. The Morgan fingerprint density at radius 1 is 1.00 bits per heavy atom. The van der Waals surface area contributed by atoms with Crippen molar-refractivity contribution in [1.29, 1.82) is 0 Å². The molecule has 0 unspecified atom stereocenters. The molecule has 0 spiro atoms. The third-order valence-corrected chi connectivity index (χ3v) is 3.66. The molecule has 0 atom stereocenters. The van der Waals surface area contributed by atoms with Gasteiger partial charge in [0.25, 0.3) is 0 Å². The van der Waals surface area contributed by atoms with E-state index < -0.39 is 0 Å². The van der Waals surface area contributed by atoms with E-state index in [4.69, 9.17) is 4.74 Å². The molecular formula is C20H27NO. The van der Waals surface area contributed by atoms with E-state index in [9.17, 15) is 0 Å². The van der Waals surface area contributed by atoms with Gasteiger partial charge in [-0.15, -0.1) is 0 Å². The molecule has 118 valence electrons. The van der Waals surface area contributed by atoms with Crippen LogP contribution in [-0.4, -0.2) is 13.2 Å². The van der Waals surface area contributed by atoms with Crippen molar-refractivity contribution >= 4 is 5.69 Å². The summed E-state index contributed by atoms with van der Waals surface area (Å²) in [5, 5.41) is 3.44. The third kappa shape index (κ3) is 5.10. The van der Waals surface area contributed by atoms with Crippen molar-refractivity contribution in [1.82, 2.24) is 0 Å². The molecule has 2 nitrogen and oxygen atoms in total. The zero-order valence-corrected chi connectivity index (χ0v) is 14.1. The second-order valence-electron chi connectivity index (χ2n) is 6.77. The lowest BCUT2D eigenvalue weighted by atomic mass is 9.87. The minimum Gasteiger partial charge on any atom is -0.494 e. The van der Waals surface area contributed by atoms with Crippen molar-refractivity contribution in [2.45, 2.75) is 39.5 Å². The predicted molar refractivity (Wildman–Crippen MR) is 94.9 cm³/mol. The maximum atomic E-state index is 5.75. The first-order chi connectivity index (χ1) is 10.4. The molecule has 0 heterocycles. The van der Waals surface area contributed by atoms with Gasteiger partial charge in [-0.25, -0.2) is 0 Å². The quantitative estimate of drug-likeness (QED) is 0.742. The summed E-state index contributed by atoms with van der Waals surface area (Å²) < 4.78 is 5.75. The second-order valence-corrected chi connectivity index (χ2v) is 6.77. The maximum Gasteiger partial charge on any atom is 0.119 e. The lowest BCUT2D eigenvalue weighted by Gasteiger charge is -2.19. The van der Waals surface area contributed by atoms with Crippen LogP contribution in [0.5, 0.6) is 5.75 Å². The first-order valence-electron chi connectivity index (χ1n) is 7.99. The standard InChI is InChI=1S/C20H27NO/c1-16-7-5-8-19(15-16)22-14-6-13-21-18-11-9-17(10-12-18)20(2,3)4/h5,7-12,15,21H,6,13-14H2,1-4H3. The van der Waals surface area contributed by atoms with Crippen molar-refractivity contribution in [3.63, 3.8) is 0 Å². The fraction of sp³-hybridized carbons (Fsp3) is 0.400. The molecule has 0 radical (unpaired) electrons. The lowest BCUT2D eigenvalue weighted by Crippen LogP contribution is -2.11. The van der Waals surface area contributed by atoms with Crippen LogP contribution in [0.4, 0.5) is 5.69 Å². The normalized spacial score (nSPS) is 11.3. The summed E-state index contributed by atoms with van der Waals surface area (Å²) in [5.74, 6) is 0.953. The van der Waals surface area contributed by atoms with Gasteiger partial charge in [-0.3, -0.25) is 0 Å². The SMILES string of the molecule is Cc1cccc(OCCCNc2ccc(C(C)(C)C)cc2)c1. The van der Waals surface area contributed by atoms with Crippen LogP contribution < -0.4 is 10.1 Å². The Hall–Kier alpha value is -1.96. The number of ether oxygens (including phenoxy) is 1. The minimum absolute atomic E-state index is 0.209. The summed E-state index contributed by atoms with van der Waals surface area (Å²) in [5.41, 5.74) is 3.97. The van der Waals surface area contributed by atoms with Gasteiger partial charge in [-0.05, 0) is 54.2 Å². The highest BCUT2D eigenvalue weighted by molar-refractivity contribution is 5.45. The molecule has 1 N–H and O–H groups in total. The van der Waals surface area contributed by atoms with Crippen LogP contribution in [0.1, 0.15) is 38.3 Å². The van der Waals surface area contributed by atoms with Crippen molar-refractivity contribution in [2.75, 3.05) is 18.5 Å². The van der Waals surface area contributed by atoms with E-state index in [1.807, 2.05) is 12.1 Å². The van der Waals surface area contributed by atoms with Crippen LogP contribution in [0.15, 0.2) is 48.5 Å². The van der Waals surface area contributed by atoms with Gasteiger partial charge in [0.1, 0.15) is 5.75 Å². The molecule has 0 amide bonds. The molecule has 0 aromatic heterocycles. The van der Waals surface area contributed by atoms with Gasteiger partial charge in [0.2, 0.25) is 0 Å². The van der Waals surface area contributed by atoms with Gasteiger partial charge < -0.3 is 10.1 Å². The van der Waals surface area contributed by atoms with Gasteiger partial charge in [0, 0.05) is 12.2 Å². The Bertz CT molecular complexity index is 581. The van der Waals surface area contributed by atoms with Gasteiger partial charge in [-0.2, -0.15) is 0 Å². The first kappa shape index (κ1) is 16.4. The Labute approximate surface area is 134 Å². The molecule has 22 heavy (non-hydrogen) atoms. The zero-order chi connectivity index (χ0) is 16.0. The van der Waals surface area contributed by atoms with Crippen LogP contribution in [0.2, 0.25) is 0 Å². The molecule has 2 aromatic rings. The summed E-state index contributed by atoms with van der Waals surface area (Å²) in [6.07, 6.45) is 0.981. The maximum absolute atomic E-state index is 5.75. The largest absolute Gasteiger partial charge is 0.494 e. The molecule has 2 heteroatoms. The first-order valence-corrected chi connectivity index (χ1v) is 7.99. The van der Waals surface area contributed by atoms with Gasteiger partial charge in [0.05, 0.1) is 6.61 Å². The van der Waals surface area contributed by atoms with Crippen LogP contribution in [0, 0.1) is 6.92 Å². The molecule has 0 bridgehead atoms. The van der Waals surface area contributed by atoms with E-state index in [-0.39, 0.29) is 5.41 Å². The lowest BCUT2D eigenvalue weighted by molar-refractivity contribution is 0.315. The second kappa shape index (κ2) is 7.35. The van der Waals surface area contributed by atoms with E-state index in [0.717, 1.165) is 25.3 Å². The molecule has 0 aliphatic carbocycles. The highest BCUT2D eigenvalue weighted by Crippen LogP contribution is 2.23. The van der Waals surface area contributed by atoms with Crippen molar-refractivity contribution in [3.05, 3.63) is 59.7 Å². The Morgan fingerprint density at radius 3 is 2.36 bits per heavy atom. The Kier molecular flexibility index (Phi) is 5.48. The van der Waals surface area contributed by atoms with E-state index in [1.54, 1.807) is 0 Å². The smallest absolute Gasteiger partial charge is 0.119 e. The van der Waals surface area contributed by atoms with Gasteiger partial charge in [-0.1, -0.05) is 45.0 Å². The average Bonchev–Trinajstić information content (AvgIpc) is 2.46. The van der Waals surface area contributed by atoms with E-state index in [0.29, 0.717) is 0 Å². The van der Waals surface area contributed by atoms with Crippen LogP contribution in [0.3, 0.4) is 0 Å². The van der Waals surface area contributed by atoms with E-state index >= 15 is 0 Å². The van der Waals surface area contributed by atoms with Crippen LogP contribution in [0.25, 0.3) is 0 Å². The number of anilines is 1. The molecule has 0 saturated heterocycles. The zero-order valence-electron chi connectivity index (χ0n) is 14.1. The highest BCUT2D eigenvalue weighted by atomic mass is 16.5. The fourth-order valence-corrected chi connectivity index (χ4v) is 2.29. The van der Waals surface area contributed by atoms with Gasteiger partial charge >= 0.3 is 0 Å². The number of aryl methyl sites for hydroxylation is 1. The van der Waals surface area contributed by atoms with Crippen LogP contribution >= 0.6 is 0 Å². The highest BCUT2D eigenvalue weighted by Gasteiger charge is 2.12. The Morgan fingerprint density at radius 2 is 1.73 bits per heavy atom. The Balaban J connectivity index is 1.70. The molecular weight excluding hydrogens is 270 g/mol. The monoisotopic (exact) mass is 297 g/mol. The summed E-state index contributed by atoms with van der Waals surface area (Å²) in [6, 6.07) is 16.9. The number of hydrogen-bond acceptors (Lipinski definition) is 2. The van der Waals surface area contributed by atoms with Crippen molar-refractivity contribution < 1.29 is 4.74 Å². The predicted octanol–water partition coefficient (Wildman–Crippen LogP) is 5.17. The topological polar surface area (TPSA) is 21.3 Å². The van der Waals surface area contributed by atoms with E-state index in [1.165, 1.54) is 16.8 Å². The molecule has 2 aromatic carbocycles. The summed E-state index contributed by atoms with van der Waals surface area (Å²) >= 11 is 0. The van der Waals surface area contributed by atoms with E-state index in [2.05, 4.69) is 69.4 Å². The minimum atomic E-state index is 0.209. The van der Waals surface area contributed by atoms with Crippen molar-refractivity contribution in [2.24, 2.45) is 0 Å². The summed E-state index contributed by atoms with van der Waals surface area (Å²) in [4.78, 5) is 0. The van der Waals surface area contributed by atoms with Gasteiger partial charge in [0.15, 0.2) is 0 Å². The fourth-order valence-electron chi connectivity index (χ4n) is 2.29. The summed E-state index contributed by atoms with van der Waals surface area (Å²) in [6.45, 7) is 10.4. The number of rotatable bonds is 6. The van der Waals surface area contributed by atoms with Crippen LogP contribution in [-0.2, 0) is 5.41 Å².